The predicted octanol–water partition coefficient (Wildman–Crippen LogP) is 3.56. The number of ether oxygens (including phenoxy) is 1. The highest BCUT2D eigenvalue weighted by Crippen LogP contribution is 2.32. The van der Waals surface area contributed by atoms with E-state index in [1.54, 1.807) is 11.3 Å². The first-order valence-corrected chi connectivity index (χ1v) is 8.02. The maximum absolute atomic E-state index is 5.76. The van der Waals surface area contributed by atoms with Crippen LogP contribution >= 0.6 is 11.3 Å². The molecule has 1 aliphatic rings. The molecule has 0 radical (unpaired) electrons. The lowest BCUT2D eigenvalue weighted by Crippen LogP contribution is -2.24. The number of hydrogen-bond donors (Lipinski definition) is 0. The summed E-state index contributed by atoms with van der Waals surface area (Å²) >= 11 is 1.55. The molecule has 3 heterocycles. The molecule has 3 rings (SSSR count). The average Bonchev–Trinajstić information content (AvgIpc) is 3.08. The summed E-state index contributed by atoms with van der Waals surface area (Å²) < 4.78 is 11.2. The summed E-state index contributed by atoms with van der Waals surface area (Å²) in [6.07, 6.45) is 4.51. The van der Waals surface area contributed by atoms with Crippen LogP contribution in [0.2, 0.25) is 0 Å². The zero-order chi connectivity index (χ0) is 13.9. The van der Waals surface area contributed by atoms with E-state index in [2.05, 4.69) is 22.0 Å². The fraction of sp³-hybridized carbons (Fsp3) is 0.643. The van der Waals surface area contributed by atoms with Crippen molar-refractivity contribution in [2.24, 2.45) is 0 Å². The van der Waals surface area contributed by atoms with Crippen molar-refractivity contribution < 1.29 is 9.26 Å². The van der Waals surface area contributed by atoms with Crippen molar-refractivity contribution in [3.63, 3.8) is 0 Å². The van der Waals surface area contributed by atoms with Crippen LogP contribution in [0.5, 0.6) is 0 Å². The van der Waals surface area contributed by atoms with Gasteiger partial charge < -0.3 is 9.26 Å². The molecule has 2 atom stereocenters. The van der Waals surface area contributed by atoms with E-state index in [4.69, 9.17) is 9.26 Å². The Hall–Kier alpha value is -1.27. The van der Waals surface area contributed by atoms with Crippen LogP contribution in [-0.4, -0.2) is 27.8 Å². The Balaban J connectivity index is 1.73. The molecule has 0 unspecified atom stereocenters. The molecule has 5 nitrogen and oxygen atoms in total. The third kappa shape index (κ3) is 2.91. The molecule has 0 amide bonds. The van der Waals surface area contributed by atoms with Gasteiger partial charge in [0.2, 0.25) is 11.7 Å². The van der Waals surface area contributed by atoms with Gasteiger partial charge in [0.1, 0.15) is 0 Å². The molecule has 1 saturated heterocycles. The molecule has 1 fully saturated rings. The first-order valence-electron chi connectivity index (χ1n) is 7.14. The number of hydrogen-bond acceptors (Lipinski definition) is 6. The summed E-state index contributed by atoms with van der Waals surface area (Å²) in [5.41, 5.74) is 0.991. The van der Waals surface area contributed by atoms with Crippen molar-refractivity contribution in [1.82, 2.24) is 15.1 Å². The second-order valence-electron chi connectivity index (χ2n) is 5.25. The maximum Gasteiger partial charge on any atom is 0.231 e. The Labute approximate surface area is 122 Å². The van der Waals surface area contributed by atoms with Crippen LogP contribution in [0.3, 0.4) is 0 Å². The fourth-order valence-electron chi connectivity index (χ4n) is 2.57. The summed E-state index contributed by atoms with van der Waals surface area (Å²) in [4.78, 5) is 8.92. The molecule has 6 heteroatoms. The molecule has 0 bridgehead atoms. The molecular formula is C14H19N3O2S. The van der Waals surface area contributed by atoms with Gasteiger partial charge >= 0.3 is 0 Å². The van der Waals surface area contributed by atoms with E-state index in [1.807, 2.05) is 12.3 Å². The number of rotatable bonds is 4. The average molecular weight is 293 g/mol. The van der Waals surface area contributed by atoms with Gasteiger partial charge in [-0.05, 0) is 26.2 Å². The molecule has 0 spiro atoms. The van der Waals surface area contributed by atoms with Gasteiger partial charge in [0.15, 0.2) is 5.01 Å². The van der Waals surface area contributed by atoms with Crippen molar-refractivity contribution >= 4 is 11.3 Å². The van der Waals surface area contributed by atoms with Crippen molar-refractivity contribution in [1.29, 1.82) is 0 Å². The van der Waals surface area contributed by atoms with Crippen LogP contribution in [-0.2, 0) is 4.74 Å². The van der Waals surface area contributed by atoms with Crippen molar-refractivity contribution in [3.05, 3.63) is 17.0 Å². The van der Waals surface area contributed by atoms with Crippen LogP contribution in [0, 0.1) is 6.92 Å². The molecule has 1 aliphatic heterocycles. The largest absolute Gasteiger partial charge is 0.378 e. The Morgan fingerprint density at radius 1 is 1.40 bits per heavy atom. The number of thiazole rings is 1. The van der Waals surface area contributed by atoms with E-state index in [9.17, 15) is 0 Å². The third-order valence-electron chi connectivity index (χ3n) is 3.58. The Kier molecular flexibility index (Phi) is 4.12. The zero-order valence-electron chi connectivity index (χ0n) is 11.8. The van der Waals surface area contributed by atoms with Gasteiger partial charge in [-0.15, -0.1) is 11.3 Å². The quantitative estimate of drug-likeness (QED) is 0.862. The summed E-state index contributed by atoms with van der Waals surface area (Å²) in [5.74, 6) is 1.66. The summed E-state index contributed by atoms with van der Waals surface area (Å²) in [6.45, 7) is 4.93. The smallest absolute Gasteiger partial charge is 0.231 e. The van der Waals surface area contributed by atoms with Crippen molar-refractivity contribution in [2.45, 2.75) is 51.6 Å². The second kappa shape index (κ2) is 6.01. The molecule has 0 aromatic carbocycles. The van der Waals surface area contributed by atoms with Crippen LogP contribution in [0.25, 0.3) is 10.8 Å². The predicted molar refractivity (Wildman–Crippen MR) is 76.8 cm³/mol. The third-order valence-corrected chi connectivity index (χ3v) is 4.54. The highest BCUT2D eigenvalue weighted by molar-refractivity contribution is 7.13. The maximum atomic E-state index is 5.76. The number of aryl methyl sites for hydroxylation is 1. The fourth-order valence-corrected chi connectivity index (χ4v) is 3.29. The molecule has 108 valence electrons. The van der Waals surface area contributed by atoms with E-state index >= 15 is 0 Å². The minimum atomic E-state index is 0.322. The minimum absolute atomic E-state index is 0.322. The normalized spacial score (nSPS) is 23.1. The molecule has 2 aromatic heterocycles. The van der Waals surface area contributed by atoms with Crippen LogP contribution < -0.4 is 0 Å². The lowest BCUT2D eigenvalue weighted by atomic mass is 9.93. The Morgan fingerprint density at radius 3 is 3.05 bits per heavy atom. The van der Waals surface area contributed by atoms with Gasteiger partial charge in [0.25, 0.3) is 0 Å². The summed E-state index contributed by atoms with van der Waals surface area (Å²) in [6, 6.07) is 0. The topological polar surface area (TPSA) is 61.0 Å². The lowest BCUT2D eigenvalue weighted by molar-refractivity contribution is -0.00302. The number of aromatic nitrogens is 3. The Morgan fingerprint density at radius 2 is 2.30 bits per heavy atom. The van der Waals surface area contributed by atoms with Gasteiger partial charge in [0, 0.05) is 23.6 Å². The highest BCUT2D eigenvalue weighted by Gasteiger charge is 2.28. The van der Waals surface area contributed by atoms with E-state index in [0.717, 1.165) is 48.9 Å². The van der Waals surface area contributed by atoms with Crippen molar-refractivity contribution in [3.8, 4) is 10.8 Å². The van der Waals surface area contributed by atoms with Crippen molar-refractivity contribution in [2.75, 3.05) is 6.61 Å². The first-order chi connectivity index (χ1) is 9.76. The molecular weight excluding hydrogens is 274 g/mol. The van der Waals surface area contributed by atoms with E-state index in [-0.39, 0.29) is 0 Å². The monoisotopic (exact) mass is 293 g/mol. The molecule has 2 aromatic rings. The Bertz CT molecular complexity index is 564. The van der Waals surface area contributed by atoms with E-state index in [0.29, 0.717) is 17.8 Å². The van der Waals surface area contributed by atoms with E-state index in [1.165, 1.54) is 0 Å². The van der Waals surface area contributed by atoms with Crippen LogP contribution in [0.4, 0.5) is 0 Å². The highest BCUT2D eigenvalue weighted by atomic mass is 32.1. The molecule has 0 N–H and O–H groups in total. The standard InChI is InChI=1S/C14H19N3O2S/c1-3-4-11-7-10(5-6-18-11)13-16-12(17-19-13)14-15-9(2)8-20-14/h8,10-11H,3-7H2,1-2H3/t10-,11+/m1/s1. The number of nitrogens with zero attached hydrogens (tertiary/aromatic N) is 3. The van der Waals surface area contributed by atoms with Gasteiger partial charge in [0.05, 0.1) is 6.10 Å². The minimum Gasteiger partial charge on any atom is -0.378 e. The van der Waals surface area contributed by atoms with Gasteiger partial charge in [-0.1, -0.05) is 18.5 Å². The van der Waals surface area contributed by atoms with Gasteiger partial charge in [-0.2, -0.15) is 4.98 Å². The van der Waals surface area contributed by atoms with Gasteiger partial charge in [-0.25, -0.2) is 4.98 Å². The zero-order valence-corrected chi connectivity index (χ0v) is 12.7. The van der Waals surface area contributed by atoms with Gasteiger partial charge in [-0.3, -0.25) is 0 Å². The summed E-state index contributed by atoms with van der Waals surface area (Å²) in [5, 5.41) is 6.89. The second-order valence-corrected chi connectivity index (χ2v) is 6.11. The first kappa shape index (κ1) is 13.7. The molecule has 0 aliphatic carbocycles. The summed E-state index contributed by atoms with van der Waals surface area (Å²) in [7, 11) is 0. The van der Waals surface area contributed by atoms with Crippen LogP contribution in [0.1, 0.15) is 50.1 Å². The molecule has 20 heavy (non-hydrogen) atoms. The SMILES string of the molecule is CCC[C@H]1C[C@H](c2nc(-c3nc(C)cs3)no2)CCO1. The lowest BCUT2D eigenvalue weighted by Gasteiger charge is -2.27. The van der Waals surface area contributed by atoms with Crippen LogP contribution in [0.15, 0.2) is 9.90 Å². The van der Waals surface area contributed by atoms with E-state index < -0.39 is 0 Å². The molecule has 0 saturated carbocycles.